The maximum absolute atomic E-state index is 14.5. The quantitative estimate of drug-likeness (QED) is 0.416. The van der Waals surface area contributed by atoms with Gasteiger partial charge in [0, 0.05) is 29.8 Å². The SMILES string of the molecule is O=C1N(CCc2ccccc2)c2ccccc2C12N=C(c1ccccc1)N1CCc3cccc2c31. The number of para-hydroxylation sites is 2. The Labute approximate surface area is 205 Å². The van der Waals surface area contributed by atoms with Crippen LogP contribution in [0.1, 0.15) is 27.8 Å². The van der Waals surface area contributed by atoms with Crippen LogP contribution in [0, 0.1) is 0 Å². The Kier molecular flexibility index (Phi) is 4.43. The molecule has 3 aliphatic rings. The number of carbonyl (C=O) groups excluding carboxylic acids is 1. The number of amidine groups is 1. The molecule has 3 aliphatic heterocycles. The van der Waals surface area contributed by atoms with Crippen LogP contribution in [0.4, 0.5) is 11.4 Å². The van der Waals surface area contributed by atoms with Crippen molar-refractivity contribution >= 4 is 23.1 Å². The van der Waals surface area contributed by atoms with Gasteiger partial charge in [0.25, 0.3) is 5.91 Å². The fourth-order valence-electron chi connectivity index (χ4n) is 5.96. The highest BCUT2D eigenvalue weighted by atomic mass is 16.2. The van der Waals surface area contributed by atoms with E-state index in [1.54, 1.807) is 0 Å². The third-order valence-electron chi connectivity index (χ3n) is 7.55. The van der Waals surface area contributed by atoms with Crippen molar-refractivity contribution in [1.82, 2.24) is 0 Å². The van der Waals surface area contributed by atoms with E-state index in [1.165, 1.54) is 11.1 Å². The van der Waals surface area contributed by atoms with Crippen molar-refractivity contribution in [2.24, 2.45) is 4.99 Å². The second-order valence-electron chi connectivity index (χ2n) is 9.44. The molecule has 170 valence electrons. The molecule has 1 atom stereocenters. The molecule has 0 N–H and O–H groups in total. The molecule has 4 aromatic rings. The predicted molar refractivity (Wildman–Crippen MR) is 140 cm³/mol. The van der Waals surface area contributed by atoms with Crippen LogP contribution < -0.4 is 9.80 Å². The number of carbonyl (C=O) groups is 1. The van der Waals surface area contributed by atoms with E-state index < -0.39 is 5.54 Å². The maximum atomic E-state index is 14.5. The van der Waals surface area contributed by atoms with E-state index in [1.807, 2.05) is 41.3 Å². The van der Waals surface area contributed by atoms with E-state index in [4.69, 9.17) is 4.99 Å². The van der Waals surface area contributed by atoms with Crippen LogP contribution in [-0.4, -0.2) is 24.8 Å². The molecule has 1 amide bonds. The van der Waals surface area contributed by atoms with Crippen LogP contribution in [0.5, 0.6) is 0 Å². The first-order chi connectivity index (χ1) is 17.3. The summed E-state index contributed by atoms with van der Waals surface area (Å²) in [5.41, 5.74) is 6.61. The Hall–Kier alpha value is -4.18. The maximum Gasteiger partial charge on any atom is 0.264 e. The molecule has 1 spiro atoms. The van der Waals surface area contributed by atoms with E-state index in [2.05, 4.69) is 71.6 Å². The molecular weight excluding hydrogens is 430 g/mol. The van der Waals surface area contributed by atoms with Crippen molar-refractivity contribution in [2.45, 2.75) is 18.4 Å². The summed E-state index contributed by atoms with van der Waals surface area (Å²) in [5.74, 6) is 0.930. The highest BCUT2D eigenvalue weighted by Crippen LogP contribution is 2.54. The minimum absolute atomic E-state index is 0.0445. The zero-order chi connectivity index (χ0) is 23.4. The normalized spacial score (nSPS) is 19.7. The van der Waals surface area contributed by atoms with E-state index in [0.29, 0.717) is 6.54 Å². The van der Waals surface area contributed by atoms with Crippen LogP contribution in [0.15, 0.2) is 108 Å². The summed E-state index contributed by atoms with van der Waals surface area (Å²) in [7, 11) is 0. The fourth-order valence-corrected chi connectivity index (χ4v) is 5.96. The number of aliphatic imine (C=N–C) groups is 1. The minimum atomic E-state index is -1.06. The zero-order valence-corrected chi connectivity index (χ0v) is 19.4. The average molecular weight is 456 g/mol. The smallest absolute Gasteiger partial charge is 0.264 e. The molecule has 7 rings (SSSR count). The summed E-state index contributed by atoms with van der Waals surface area (Å²) in [6.45, 7) is 1.50. The molecule has 1 unspecified atom stereocenters. The largest absolute Gasteiger partial charge is 0.325 e. The zero-order valence-electron chi connectivity index (χ0n) is 19.4. The van der Waals surface area contributed by atoms with Gasteiger partial charge in [-0.05, 0) is 30.0 Å². The summed E-state index contributed by atoms with van der Waals surface area (Å²) >= 11 is 0. The highest BCUT2D eigenvalue weighted by molar-refractivity contribution is 6.19. The number of hydrogen-bond donors (Lipinski definition) is 0. The molecule has 3 heterocycles. The summed E-state index contributed by atoms with van der Waals surface area (Å²) in [6.07, 6.45) is 1.75. The Bertz CT molecular complexity index is 1480. The fraction of sp³-hybridized carbons (Fsp3) is 0.161. The van der Waals surface area contributed by atoms with Gasteiger partial charge >= 0.3 is 0 Å². The van der Waals surface area contributed by atoms with Crippen molar-refractivity contribution in [3.63, 3.8) is 0 Å². The lowest BCUT2D eigenvalue weighted by Crippen LogP contribution is -2.47. The summed E-state index contributed by atoms with van der Waals surface area (Å²) in [5, 5.41) is 0. The number of nitrogens with zero attached hydrogens (tertiary/aromatic N) is 3. The van der Waals surface area contributed by atoms with Crippen molar-refractivity contribution in [3.05, 3.63) is 131 Å². The number of hydrogen-bond acceptors (Lipinski definition) is 3. The molecule has 4 aromatic carbocycles. The molecule has 0 radical (unpaired) electrons. The summed E-state index contributed by atoms with van der Waals surface area (Å²) in [6, 6.07) is 35.3. The van der Waals surface area contributed by atoms with E-state index >= 15 is 0 Å². The second-order valence-corrected chi connectivity index (χ2v) is 9.44. The van der Waals surface area contributed by atoms with Crippen LogP contribution >= 0.6 is 0 Å². The van der Waals surface area contributed by atoms with Crippen molar-refractivity contribution in [2.75, 3.05) is 22.9 Å². The molecule has 0 saturated heterocycles. The number of rotatable bonds is 4. The number of fused-ring (bicyclic) bond motifs is 3. The molecule has 0 aromatic heterocycles. The van der Waals surface area contributed by atoms with Gasteiger partial charge in [0.2, 0.25) is 0 Å². The average Bonchev–Trinajstić information content (AvgIpc) is 3.45. The van der Waals surface area contributed by atoms with Crippen LogP contribution in [0.3, 0.4) is 0 Å². The Morgan fingerprint density at radius 3 is 2.31 bits per heavy atom. The second kappa shape index (κ2) is 7.67. The first kappa shape index (κ1) is 20.2. The standard InChI is InChI=1S/C31H25N3O/c35-30-31(25-15-7-8-17-27(25)33(30)20-18-22-10-3-1-4-11-22)26-16-9-14-23-19-21-34(28(23)26)29(32-31)24-12-5-2-6-13-24/h1-17H,18-21H2. The van der Waals surface area contributed by atoms with Crippen LogP contribution in [0.2, 0.25) is 0 Å². The first-order valence-electron chi connectivity index (χ1n) is 12.3. The van der Waals surface area contributed by atoms with Crippen LogP contribution in [-0.2, 0) is 23.2 Å². The lowest BCUT2D eigenvalue weighted by Gasteiger charge is -2.37. The Morgan fingerprint density at radius 1 is 0.771 bits per heavy atom. The lowest BCUT2D eigenvalue weighted by atomic mass is 9.81. The van der Waals surface area contributed by atoms with Gasteiger partial charge in [0.1, 0.15) is 5.84 Å². The van der Waals surface area contributed by atoms with Gasteiger partial charge in [-0.1, -0.05) is 97.1 Å². The number of benzene rings is 4. The van der Waals surface area contributed by atoms with Crippen LogP contribution in [0.25, 0.3) is 0 Å². The molecule has 0 aliphatic carbocycles. The predicted octanol–water partition coefficient (Wildman–Crippen LogP) is 5.34. The van der Waals surface area contributed by atoms with E-state index in [9.17, 15) is 4.79 Å². The Balaban J connectivity index is 1.43. The van der Waals surface area contributed by atoms with Gasteiger partial charge in [-0.2, -0.15) is 0 Å². The van der Waals surface area contributed by atoms with Gasteiger partial charge in [-0.15, -0.1) is 0 Å². The lowest BCUT2D eigenvalue weighted by molar-refractivity contribution is -0.121. The number of anilines is 2. The topological polar surface area (TPSA) is 35.9 Å². The monoisotopic (exact) mass is 455 g/mol. The van der Waals surface area contributed by atoms with Gasteiger partial charge in [0.05, 0.1) is 11.4 Å². The number of amides is 1. The molecule has 0 fully saturated rings. The molecular formula is C31H25N3O. The van der Waals surface area contributed by atoms with E-state index in [-0.39, 0.29) is 5.91 Å². The molecule has 0 saturated carbocycles. The minimum Gasteiger partial charge on any atom is -0.325 e. The third kappa shape index (κ3) is 2.86. The first-order valence-corrected chi connectivity index (χ1v) is 12.3. The molecule has 4 nitrogen and oxygen atoms in total. The van der Waals surface area contributed by atoms with Crippen molar-refractivity contribution in [3.8, 4) is 0 Å². The molecule has 35 heavy (non-hydrogen) atoms. The third-order valence-corrected chi connectivity index (χ3v) is 7.55. The van der Waals surface area contributed by atoms with Crippen molar-refractivity contribution < 1.29 is 4.79 Å². The molecule has 0 bridgehead atoms. The summed E-state index contributed by atoms with van der Waals surface area (Å²) < 4.78 is 0. The van der Waals surface area contributed by atoms with Gasteiger partial charge in [0.15, 0.2) is 5.54 Å². The highest BCUT2D eigenvalue weighted by Gasteiger charge is 2.56. The van der Waals surface area contributed by atoms with Gasteiger partial charge in [-0.25, -0.2) is 4.99 Å². The van der Waals surface area contributed by atoms with E-state index in [0.717, 1.165) is 53.3 Å². The molecule has 4 heteroatoms. The van der Waals surface area contributed by atoms with Gasteiger partial charge < -0.3 is 9.80 Å². The Morgan fingerprint density at radius 2 is 1.49 bits per heavy atom. The summed E-state index contributed by atoms with van der Waals surface area (Å²) in [4.78, 5) is 24.2. The van der Waals surface area contributed by atoms with Crippen molar-refractivity contribution in [1.29, 1.82) is 0 Å². The van der Waals surface area contributed by atoms with Gasteiger partial charge in [-0.3, -0.25) is 4.79 Å².